The number of hydrogen-bond acceptors (Lipinski definition) is 4. The maximum absolute atomic E-state index is 12.6. The summed E-state index contributed by atoms with van der Waals surface area (Å²) in [5, 5.41) is 0. The van der Waals surface area contributed by atoms with Crippen LogP contribution in [0.1, 0.15) is 25.3 Å². The van der Waals surface area contributed by atoms with E-state index in [1.54, 1.807) is 4.90 Å². The Labute approximate surface area is 151 Å². The van der Waals surface area contributed by atoms with Crippen molar-refractivity contribution < 1.29 is 13.2 Å². The van der Waals surface area contributed by atoms with E-state index in [0.717, 1.165) is 21.4 Å². The zero-order valence-corrected chi connectivity index (χ0v) is 16.6. The number of halogens is 1. The zero-order chi connectivity index (χ0) is 17.0. The van der Waals surface area contributed by atoms with Crippen molar-refractivity contribution in [2.24, 2.45) is 0 Å². The Kier molecular flexibility index (Phi) is 6.57. The van der Waals surface area contributed by atoms with Gasteiger partial charge in [0, 0.05) is 22.0 Å². The van der Waals surface area contributed by atoms with Gasteiger partial charge in [-0.25, -0.2) is 8.42 Å². The molecular weight excluding hydrogens is 398 g/mol. The van der Waals surface area contributed by atoms with Crippen LogP contribution in [-0.2, 0) is 14.6 Å². The minimum absolute atomic E-state index is 0.0290. The minimum Gasteiger partial charge on any atom is -0.338 e. The van der Waals surface area contributed by atoms with Gasteiger partial charge in [-0.15, -0.1) is 11.8 Å². The van der Waals surface area contributed by atoms with E-state index in [-0.39, 0.29) is 23.5 Å². The summed E-state index contributed by atoms with van der Waals surface area (Å²) in [7, 11) is -2.98. The molecule has 7 heteroatoms. The Balaban J connectivity index is 2.01. The second-order valence-corrected chi connectivity index (χ2v) is 10.0. The van der Waals surface area contributed by atoms with Gasteiger partial charge in [0.1, 0.15) is 0 Å². The van der Waals surface area contributed by atoms with E-state index in [2.05, 4.69) is 15.9 Å². The van der Waals surface area contributed by atoms with Crippen LogP contribution in [0.15, 0.2) is 27.6 Å². The number of sulfone groups is 1. The first-order chi connectivity index (χ1) is 10.8. The van der Waals surface area contributed by atoms with Crippen LogP contribution in [0.4, 0.5) is 0 Å². The highest BCUT2D eigenvalue weighted by molar-refractivity contribution is 9.10. The molecule has 128 valence electrons. The van der Waals surface area contributed by atoms with Gasteiger partial charge in [0.2, 0.25) is 5.91 Å². The number of carbonyl (C=O) groups excluding carboxylic acids is 1. The molecule has 1 unspecified atom stereocenters. The van der Waals surface area contributed by atoms with Gasteiger partial charge in [-0.2, -0.15) is 0 Å². The fourth-order valence-electron chi connectivity index (χ4n) is 2.77. The van der Waals surface area contributed by atoms with Crippen molar-refractivity contribution in [2.75, 3.05) is 23.8 Å². The minimum atomic E-state index is -2.98. The molecule has 1 aromatic carbocycles. The zero-order valence-electron chi connectivity index (χ0n) is 13.4. The smallest absolute Gasteiger partial charge is 0.233 e. The van der Waals surface area contributed by atoms with E-state index < -0.39 is 9.84 Å². The molecule has 0 aromatic heterocycles. The quantitative estimate of drug-likeness (QED) is 0.663. The van der Waals surface area contributed by atoms with E-state index >= 15 is 0 Å². The molecule has 0 spiro atoms. The Hall–Kier alpha value is -0.530. The second kappa shape index (κ2) is 8.03. The van der Waals surface area contributed by atoms with Crippen LogP contribution in [0.25, 0.3) is 0 Å². The summed E-state index contributed by atoms with van der Waals surface area (Å²) in [6.07, 6.45) is 1.40. The number of carbonyl (C=O) groups is 1. The monoisotopic (exact) mass is 419 g/mol. The first-order valence-corrected chi connectivity index (χ1v) is 11.3. The topological polar surface area (TPSA) is 54.5 Å². The van der Waals surface area contributed by atoms with Crippen molar-refractivity contribution in [2.45, 2.75) is 37.6 Å². The van der Waals surface area contributed by atoms with Gasteiger partial charge >= 0.3 is 0 Å². The second-order valence-electron chi connectivity index (χ2n) is 5.84. The lowest BCUT2D eigenvalue weighted by Crippen LogP contribution is -2.42. The van der Waals surface area contributed by atoms with Crippen molar-refractivity contribution in [3.63, 3.8) is 0 Å². The van der Waals surface area contributed by atoms with Crippen LogP contribution >= 0.6 is 27.7 Å². The molecule has 0 bridgehead atoms. The third-order valence-electron chi connectivity index (χ3n) is 3.92. The molecule has 1 saturated heterocycles. The van der Waals surface area contributed by atoms with Gasteiger partial charge in [-0.05, 0) is 43.5 Å². The third kappa shape index (κ3) is 5.22. The lowest BCUT2D eigenvalue weighted by molar-refractivity contribution is -0.130. The molecule has 1 aliphatic heterocycles. The summed E-state index contributed by atoms with van der Waals surface area (Å²) in [6, 6.07) is 5.84. The molecule has 0 saturated carbocycles. The molecule has 23 heavy (non-hydrogen) atoms. The fraction of sp³-hybridized carbons (Fsp3) is 0.562. The Morgan fingerprint density at radius 1 is 1.43 bits per heavy atom. The van der Waals surface area contributed by atoms with Crippen LogP contribution in [0, 0.1) is 6.92 Å². The van der Waals surface area contributed by atoms with Gasteiger partial charge in [0.05, 0.1) is 17.3 Å². The summed E-state index contributed by atoms with van der Waals surface area (Å²) >= 11 is 4.95. The summed E-state index contributed by atoms with van der Waals surface area (Å²) in [6.45, 7) is 4.65. The first kappa shape index (κ1) is 18.8. The van der Waals surface area contributed by atoms with Crippen LogP contribution in [0.3, 0.4) is 0 Å². The predicted octanol–water partition coefficient (Wildman–Crippen LogP) is 3.28. The molecule has 1 atom stereocenters. The maximum atomic E-state index is 12.6. The molecule has 1 amide bonds. The Morgan fingerprint density at radius 3 is 2.74 bits per heavy atom. The SMILES string of the molecule is CCCN(C(=O)CSc1ccc(Br)cc1C)C1CCS(=O)(=O)C1. The predicted molar refractivity (Wildman–Crippen MR) is 98.7 cm³/mol. The van der Waals surface area contributed by atoms with Crippen molar-refractivity contribution in [3.05, 3.63) is 28.2 Å². The van der Waals surface area contributed by atoms with E-state index in [4.69, 9.17) is 0 Å². The maximum Gasteiger partial charge on any atom is 0.233 e. The van der Waals surface area contributed by atoms with Crippen molar-refractivity contribution >= 4 is 43.4 Å². The number of hydrogen-bond donors (Lipinski definition) is 0. The van der Waals surface area contributed by atoms with Crippen molar-refractivity contribution in [1.82, 2.24) is 4.90 Å². The average Bonchev–Trinajstić information content (AvgIpc) is 2.83. The highest BCUT2D eigenvalue weighted by atomic mass is 79.9. The number of aryl methyl sites for hydroxylation is 1. The van der Waals surface area contributed by atoms with Gasteiger partial charge in [0.25, 0.3) is 0 Å². The van der Waals surface area contributed by atoms with Crippen LogP contribution in [0.2, 0.25) is 0 Å². The van der Waals surface area contributed by atoms with Gasteiger partial charge in [-0.3, -0.25) is 4.79 Å². The Bertz CT molecular complexity index is 676. The molecule has 4 nitrogen and oxygen atoms in total. The van der Waals surface area contributed by atoms with Crippen molar-refractivity contribution in [3.8, 4) is 0 Å². The molecule has 1 aliphatic rings. The summed E-state index contributed by atoms with van der Waals surface area (Å²) in [4.78, 5) is 15.4. The van der Waals surface area contributed by atoms with E-state index in [1.165, 1.54) is 11.8 Å². The van der Waals surface area contributed by atoms with E-state index in [0.29, 0.717) is 18.7 Å². The highest BCUT2D eigenvalue weighted by Gasteiger charge is 2.34. The molecule has 1 aromatic rings. The van der Waals surface area contributed by atoms with Crippen LogP contribution in [-0.4, -0.2) is 49.1 Å². The summed E-state index contributed by atoms with van der Waals surface area (Å²) in [5.74, 6) is 0.686. The molecule has 1 fully saturated rings. The molecule has 2 rings (SSSR count). The van der Waals surface area contributed by atoms with E-state index in [9.17, 15) is 13.2 Å². The van der Waals surface area contributed by atoms with Crippen LogP contribution < -0.4 is 0 Å². The number of amides is 1. The molecule has 0 radical (unpaired) electrons. The van der Waals surface area contributed by atoms with Gasteiger partial charge < -0.3 is 4.90 Å². The summed E-state index contributed by atoms with van der Waals surface area (Å²) in [5.41, 5.74) is 1.13. The standard InChI is InChI=1S/C16H22BrNO3S2/c1-3-7-18(14-6-8-23(20,21)11-14)16(19)10-22-15-5-4-13(17)9-12(15)2/h4-5,9,14H,3,6-8,10-11H2,1-2H3. The van der Waals surface area contributed by atoms with Gasteiger partial charge in [0.15, 0.2) is 9.84 Å². The van der Waals surface area contributed by atoms with Gasteiger partial charge in [-0.1, -0.05) is 22.9 Å². The average molecular weight is 420 g/mol. The Morgan fingerprint density at radius 2 is 2.17 bits per heavy atom. The number of thioether (sulfide) groups is 1. The molecular formula is C16H22BrNO3S2. The third-order valence-corrected chi connectivity index (χ3v) is 7.33. The molecule has 0 aliphatic carbocycles. The number of rotatable bonds is 6. The number of benzene rings is 1. The largest absolute Gasteiger partial charge is 0.338 e. The lowest BCUT2D eigenvalue weighted by Gasteiger charge is -2.28. The number of nitrogens with zero attached hydrogens (tertiary/aromatic N) is 1. The van der Waals surface area contributed by atoms with E-state index in [1.807, 2.05) is 32.0 Å². The van der Waals surface area contributed by atoms with Crippen molar-refractivity contribution in [1.29, 1.82) is 0 Å². The lowest BCUT2D eigenvalue weighted by atomic mass is 10.2. The molecule has 1 heterocycles. The fourth-order valence-corrected chi connectivity index (χ4v) is 5.87. The van der Waals surface area contributed by atoms with Crippen LogP contribution in [0.5, 0.6) is 0 Å². The normalized spacial score (nSPS) is 19.7. The first-order valence-electron chi connectivity index (χ1n) is 7.71. The molecule has 0 N–H and O–H groups in total. The summed E-state index contributed by atoms with van der Waals surface area (Å²) < 4.78 is 24.4. The highest BCUT2D eigenvalue weighted by Crippen LogP contribution is 2.26.